The van der Waals surface area contributed by atoms with Crippen molar-refractivity contribution in [1.82, 2.24) is 4.57 Å². The number of carbonyl (C=O) groups excluding carboxylic acids is 1. The maximum atomic E-state index is 13.3. The average Bonchev–Trinajstić information content (AvgIpc) is 3.43. The number of ether oxygens (including phenoxy) is 2. The van der Waals surface area contributed by atoms with Crippen molar-refractivity contribution in [3.8, 4) is 0 Å². The fourth-order valence-electron chi connectivity index (χ4n) is 3.25. The van der Waals surface area contributed by atoms with Gasteiger partial charge in [-0.15, -0.1) is 11.3 Å². The lowest BCUT2D eigenvalue weighted by atomic mass is 10.0. The quantitative estimate of drug-likeness (QED) is 0.431. The first-order valence-electron chi connectivity index (χ1n) is 9.28. The SMILES string of the molecule is COCCOC(=O)C1=C(C)N=c2sc(=Cc3ccc(C)o3)c(=O)n2C1c1cccs1. The number of esters is 1. The number of aromatic nitrogens is 1. The largest absolute Gasteiger partial charge is 0.462 e. The van der Waals surface area contributed by atoms with E-state index in [2.05, 4.69) is 4.99 Å². The van der Waals surface area contributed by atoms with E-state index in [1.165, 1.54) is 22.7 Å². The van der Waals surface area contributed by atoms with Crippen LogP contribution in [0.2, 0.25) is 0 Å². The van der Waals surface area contributed by atoms with E-state index in [-0.39, 0.29) is 12.2 Å². The summed E-state index contributed by atoms with van der Waals surface area (Å²) in [5, 5.41) is 1.92. The third-order valence-electron chi connectivity index (χ3n) is 4.61. The van der Waals surface area contributed by atoms with Crippen LogP contribution < -0.4 is 14.9 Å². The molecule has 0 radical (unpaired) electrons. The minimum absolute atomic E-state index is 0.130. The van der Waals surface area contributed by atoms with Crippen LogP contribution in [0.5, 0.6) is 0 Å². The molecule has 4 rings (SSSR count). The third kappa shape index (κ3) is 3.83. The molecular weight excluding hydrogens is 424 g/mol. The van der Waals surface area contributed by atoms with Crippen molar-refractivity contribution in [2.45, 2.75) is 19.9 Å². The van der Waals surface area contributed by atoms with Gasteiger partial charge in [0.05, 0.1) is 22.4 Å². The maximum Gasteiger partial charge on any atom is 0.338 e. The van der Waals surface area contributed by atoms with Crippen molar-refractivity contribution in [2.75, 3.05) is 20.3 Å². The van der Waals surface area contributed by atoms with Gasteiger partial charge in [-0.25, -0.2) is 9.79 Å². The van der Waals surface area contributed by atoms with E-state index >= 15 is 0 Å². The number of thiazole rings is 1. The molecule has 4 heterocycles. The number of methoxy groups -OCH3 is 1. The summed E-state index contributed by atoms with van der Waals surface area (Å²) in [6, 6.07) is 6.87. The van der Waals surface area contributed by atoms with Crippen LogP contribution in [-0.4, -0.2) is 30.9 Å². The number of nitrogens with zero attached hydrogens (tertiary/aromatic N) is 2. The summed E-state index contributed by atoms with van der Waals surface area (Å²) in [4.78, 5) is 32.2. The second-order valence-corrected chi connectivity index (χ2v) is 8.66. The average molecular weight is 445 g/mol. The van der Waals surface area contributed by atoms with Gasteiger partial charge in [-0.2, -0.15) is 0 Å². The number of carbonyl (C=O) groups is 1. The Kier molecular flexibility index (Phi) is 5.85. The highest BCUT2D eigenvalue weighted by molar-refractivity contribution is 7.10. The number of hydrogen-bond donors (Lipinski definition) is 0. The number of hydrogen-bond acceptors (Lipinski definition) is 8. The standard InChI is InChI=1S/C21H20N2O5S2/c1-12-6-7-14(28-12)11-16-19(24)23-18(15-5-4-10-29-15)17(13(2)22-21(23)30-16)20(25)27-9-8-26-3/h4-7,10-11,18H,8-9H2,1-3H3. The molecule has 1 atom stereocenters. The van der Waals surface area contributed by atoms with Crippen molar-refractivity contribution in [3.63, 3.8) is 0 Å². The first-order chi connectivity index (χ1) is 14.5. The number of fused-ring (bicyclic) bond motifs is 1. The lowest BCUT2D eigenvalue weighted by Crippen LogP contribution is -2.39. The molecule has 0 saturated heterocycles. The molecule has 3 aromatic heterocycles. The Bertz CT molecular complexity index is 1280. The van der Waals surface area contributed by atoms with Crippen LogP contribution >= 0.6 is 22.7 Å². The highest BCUT2D eigenvalue weighted by Crippen LogP contribution is 2.33. The van der Waals surface area contributed by atoms with Gasteiger partial charge in [-0.1, -0.05) is 17.4 Å². The van der Waals surface area contributed by atoms with Crippen LogP contribution in [0.4, 0.5) is 0 Å². The van der Waals surface area contributed by atoms with Gasteiger partial charge in [0.1, 0.15) is 24.2 Å². The summed E-state index contributed by atoms with van der Waals surface area (Å²) >= 11 is 2.75. The zero-order chi connectivity index (χ0) is 21.3. The fourth-order valence-corrected chi connectivity index (χ4v) is 5.10. The summed E-state index contributed by atoms with van der Waals surface area (Å²) in [6.07, 6.45) is 1.71. The molecular formula is C21H20N2O5S2. The molecule has 7 nitrogen and oxygen atoms in total. The second kappa shape index (κ2) is 8.55. The zero-order valence-corrected chi connectivity index (χ0v) is 18.3. The van der Waals surface area contributed by atoms with Gasteiger partial charge in [0.25, 0.3) is 5.56 Å². The van der Waals surface area contributed by atoms with Crippen LogP contribution in [0.3, 0.4) is 0 Å². The molecule has 9 heteroatoms. The molecule has 0 saturated carbocycles. The number of allylic oxidation sites excluding steroid dienone is 1. The maximum absolute atomic E-state index is 13.3. The molecule has 0 bridgehead atoms. The number of aryl methyl sites for hydroxylation is 1. The molecule has 0 N–H and O–H groups in total. The van der Waals surface area contributed by atoms with Crippen molar-refractivity contribution in [3.05, 3.63) is 77.0 Å². The molecule has 0 fully saturated rings. The zero-order valence-electron chi connectivity index (χ0n) is 16.7. The lowest BCUT2D eigenvalue weighted by molar-refractivity contribution is -0.140. The van der Waals surface area contributed by atoms with Crippen molar-refractivity contribution < 1.29 is 18.7 Å². The predicted octanol–water partition coefficient (Wildman–Crippen LogP) is 2.39. The molecule has 1 aliphatic heterocycles. The lowest BCUT2D eigenvalue weighted by Gasteiger charge is -2.23. The Hall–Kier alpha value is -2.75. The first-order valence-corrected chi connectivity index (χ1v) is 11.0. The second-order valence-electron chi connectivity index (χ2n) is 6.67. The Balaban J connectivity index is 1.85. The predicted molar refractivity (Wildman–Crippen MR) is 114 cm³/mol. The van der Waals surface area contributed by atoms with Crippen molar-refractivity contribution >= 4 is 34.7 Å². The van der Waals surface area contributed by atoms with Gasteiger partial charge in [0.15, 0.2) is 4.80 Å². The van der Waals surface area contributed by atoms with Crippen LogP contribution in [0.15, 0.2) is 55.1 Å². The van der Waals surface area contributed by atoms with Gasteiger partial charge in [0.2, 0.25) is 0 Å². The molecule has 0 amide bonds. The van der Waals surface area contributed by atoms with Gasteiger partial charge in [0, 0.05) is 18.1 Å². The highest BCUT2D eigenvalue weighted by Gasteiger charge is 2.34. The smallest absolute Gasteiger partial charge is 0.338 e. The molecule has 1 unspecified atom stereocenters. The Morgan fingerprint density at radius 1 is 1.30 bits per heavy atom. The summed E-state index contributed by atoms with van der Waals surface area (Å²) in [5.74, 6) is 0.866. The van der Waals surface area contributed by atoms with E-state index in [0.29, 0.717) is 33.0 Å². The fraction of sp³-hybridized carbons (Fsp3) is 0.286. The monoisotopic (exact) mass is 444 g/mol. The number of thiophene rings is 1. The van der Waals surface area contributed by atoms with Gasteiger partial charge in [-0.3, -0.25) is 9.36 Å². The van der Waals surface area contributed by atoms with Crippen LogP contribution in [0.1, 0.15) is 29.4 Å². The Morgan fingerprint density at radius 3 is 2.80 bits per heavy atom. The van der Waals surface area contributed by atoms with Crippen molar-refractivity contribution in [2.24, 2.45) is 4.99 Å². The minimum Gasteiger partial charge on any atom is -0.462 e. The van der Waals surface area contributed by atoms with Crippen LogP contribution in [-0.2, 0) is 14.3 Å². The van der Waals surface area contributed by atoms with Crippen molar-refractivity contribution in [1.29, 1.82) is 0 Å². The van der Waals surface area contributed by atoms with E-state index in [9.17, 15) is 9.59 Å². The Morgan fingerprint density at radius 2 is 2.13 bits per heavy atom. The highest BCUT2D eigenvalue weighted by atomic mass is 32.1. The molecule has 1 aliphatic rings. The molecule has 3 aromatic rings. The van der Waals surface area contributed by atoms with E-state index in [1.807, 2.05) is 36.6 Å². The van der Waals surface area contributed by atoms with Gasteiger partial charge >= 0.3 is 5.97 Å². The first kappa shape index (κ1) is 20.5. The molecule has 0 spiro atoms. The van der Waals surface area contributed by atoms with E-state index in [4.69, 9.17) is 13.9 Å². The minimum atomic E-state index is -0.586. The summed E-state index contributed by atoms with van der Waals surface area (Å²) in [7, 11) is 1.54. The summed E-state index contributed by atoms with van der Waals surface area (Å²) < 4.78 is 18.0. The summed E-state index contributed by atoms with van der Waals surface area (Å²) in [6.45, 7) is 4.04. The molecule has 0 aromatic carbocycles. The topological polar surface area (TPSA) is 83.0 Å². The third-order valence-corrected chi connectivity index (χ3v) is 6.52. The van der Waals surface area contributed by atoms with E-state index < -0.39 is 12.0 Å². The number of rotatable bonds is 6. The molecule has 0 aliphatic carbocycles. The summed E-state index contributed by atoms with van der Waals surface area (Å²) in [5.41, 5.74) is 0.680. The molecule has 30 heavy (non-hydrogen) atoms. The van der Waals surface area contributed by atoms with Crippen LogP contribution in [0, 0.1) is 6.92 Å². The van der Waals surface area contributed by atoms with Crippen LogP contribution in [0.25, 0.3) is 6.08 Å². The van der Waals surface area contributed by atoms with Gasteiger partial charge in [-0.05, 0) is 37.4 Å². The van der Waals surface area contributed by atoms with Gasteiger partial charge < -0.3 is 13.9 Å². The normalized spacial score (nSPS) is 16.5. The number of furan rings is 1. The van der Waals surface area contributed by atoms with E-state index in [0.717, 1.165) is 10.6 Å². The van der Waals surface area contributed by atoms with E-state index in [1.54, 1.807) is 24.7 Å². The molecule has 156 valence electrons. The Labute approximate surface area is 180 Å².